The molecule has 0 aliphatic heterocycles. The molecule has 0 N–H and O–H groups in total. The molecular formula is C22H24N2O. The molecule has 0 fully saturated rings. The molecule has 0 aliphatic rings. The SMILES string of the molecule is CCN(C)C(C(=O)N(C)c1ccc2ccccc2c1)c1ccccc1. The Balaban J connectivity index is 1.95. The minimum Gasteiger partial charge on any atom is -0.314 e. The van der Waals surface area contributed by atoms with E-state index < -0.39 is 0 Å². The second kappa shape index (κ2) is 7.49. The standard InChI is InChI=1S/C22H24N2O/c1-4-23(2)21(18-11-6-5-7-12-18)22(25)24(3)20-15-14-17-10-8-9-13-19(17)16-20/h5-16,21H,4H2,1-3H3. The third-order valence-electron chi connectivity index (χ3n) is 4.74. The van der Waals surface area contributed by atoms with Gasteiger partial charge in [-0.05, 0) is 42.1 Å². The molecule has 128 valence electrons. The predicted molar refractivity (Wildman–Crippen MR) is 105 cm³/mol. The number of hydrogen-bond donors (Lipinski definition) is 0. The Kier molecular flexibility index (Phi) is 5.15. The second-order valence-electron chi connectivity index (χ2n) is 6.32. The fraction of sp³-hybridized carbons (Fsp3) is 0.227. The van der Waals surface area contributed by atoms with E-state index in [-0.39, 0.29) is 11.9 Å². The van der Waals surface area contributed by atoms with E-state index in [1.54, 1.807) is 4.90 Å². The third-order valence-corrected chi connectivity index (χ3v) is 4.74. The summed E-state index contributed by atoms with van der Waals surface area (Å²) in [6, 6.07) is 24.0. The van der Waals surface area contributed by atoms with E-state index in [1.165, 1.54) is 5.39 Å². The van der Waals surface area contributed by atoms with Gasteiger partial charge in [-0.3, -0.25) is 9.69 Å². The zero-order valence-corrected chi connectivity index (χ0v) is 15.0. The van der Waals surface area contributed by atoms with Crippen molar-refractivity contribution in [3.05, 3.63) is 78.4 Å². The smallest absolute Gasteiger partial charge is 0.248 e. The topological polar surface area (TPSA) is 23.6 Å². The maximum atomic E-state index is 13.3. The van der Waals surface area contributed by atoms with Crippen LogP contribution in [-0.4, -0.2) is 31.4 Å². The fourth-order valence-corrected chi connectivity index (χ4v) is 3.10. The number of hydrogen-bond acceptors (Lipinski definition) is 2. The highest BCUT2D eigenvalue weighted by Crippen LogP contribution is 2.26. The minimum absolute atomic E-state index is 0.0748. The zero-order valence-electron chi connectivity index (χ0n) is 15.0. The molecule has 3 rings (SSSR count). The van der Waals surface area contributed by atoms with E-state index in [4.69, 9.17) is 0 Å². The second-order valence-corrected chi connectivity index (χ2v) is 6.32. The summed E-state index contributed by atoms with van der Waals surface area (Å²) in [6.07, 6.45) is 0. The normalized spacial score (nSPS) is 12.3. The van der Waals surface area contributed by atoms with Crippen molar-refractivity contribution >= 4 is 22.4 Å². The van der Waals surface area contributed by atoms with Crippen molar-refractivity contribution in [3.8, 4) is 0 Å². The summed E-state index contributed by atoms with van der Waals surface area (Å²) in [4.78, 5) is 17.1. The summed E-state index contributed by atoms with van der Waals surface area (Å²) in [7, 11) is 3.84. The Bertz CT molecular complexity index is 860. The van der Waals surface area contributed by atoms with Gasteiger partial charge in [0.2, 0.25) is 5.91 Å². The number of likely N-dealkylation sites (N-methyl/N-ethyl adjacent to an activating group) is 2. The van der Waals surface area contributed by atoms with Crippen LogP contribution in [0.5, 0.6) is 0 Å². The minimum atomic E-state index is -0.289. The van der Waals surface area contributed by atoms with Crippen molar-refractivity contribution in [2.24, 2.45) is 0 Å². The zero-order chi connectivity index (χ0) is 17.8. The van der Waals surface area contributed by atoms with Gasteiger partial charge in [-0.1, -0.05) is 67.6 Å². The van der Waals surface area contributed by atoms with Gasteiger partial charge in [0.25, 0.3) is 0 Å². The lowest BCUT2D eigenvalue weighted by Crippen LogP contribution is -2.39. The number of rotatable bonds is 5. The van der Waals surface area contributed by atoms with Gasteiger partial charge in [0.15, 0.2) is 0 Å². The first-order valence-electron chi connectivity index (χ1n) is 8.63. The molecule has 0 saturated heterocycles. The lowest BCUT2D eigenvalue weighted by molar-refractivity contribution is -0.123. The molecule has 0 radical (unpaired) electrons. The summed E-state index contributed by atoms with van der Waals surface area (Å²) in [6.45, 7) is 2.87. The van der Waals surface area contributed by atoms with E-state index in [9.17, 15) is 4.79 Å². The van der Waals surface area contributed by atoms with E-state index >= 15 is 0 Å². The number of carbonyl (C=O) groups is 1. The molecule has 3 heteroatoms. The molecule has 3 aromatic rings. The Hall–Kier alpha value is -2.65. The van der Waals surface area contributed by atoms with Gasteiger partial charge >= 0.3 is 0 Å². The Morgan fingerprint density at radius 1 is 0.880 bits per heavy atom. The number of nitrogens with zero attached hydrogens (tertiary/aromatic N) is 2. The van der Waals surface area contributed by atoms with Gasteiger partial charge in [-0.2, -0.15) is 0 Å². The van der Waals surface area contributed by atoms with Crippen LogP contribution in [0.2, 0.25) is 0 Å². The van der Waals surface area contributed by atoms with E-state index in [0.29, 0.717) is 0 Å². The molecule has 0 aromatic heterocycles. The molecule has 1 unspecified atom stereocenters. The summed E-state index contributed by atoms with van der Waals surface area (Å²) < 4.78 is 0. The molecule has 3 aromatic carbocycles. The molecule has 3 nitrogen and oxygen atoms in total. The van der Waals surface area contributed by atoms with Gasteiger partial charge in [-0.15, -0.1) is 0 Å². The Morgan fingerprint density at radius 3 is 2.20 bits per heavy atom. The average molecular weight is 332 g/mol. The number of amides is 1. The highest BCUT2D eigenvalue weighted by molar-refractivity contribution is 5.99. The maximum absolute atomic E-state index is 13.3. The summed E-state index contributed by atoms with van der Waals surface area (Å²) >= 11 is 0. The lowest BCUT2D eigenvalue weighted by Gasteiger charge is -2.30. The van der Waals surface area contributed by atoms with Crippen LogP contribution in [0.25, 0.3) is 10.8 Å². The lowest BCUT2D eigenvalue weighted by atomic mass is 10.0. The fourth-order valence-electron chi connectivity index (χ4n) is 3.10. The molecular weight excluding hydrogens is 308 g/mol. The predicted octanol–water partition coefficient (Wildman–Crippen LogP) is 4.50. The highest BCUT2D eigenvalue weighted by atomic mass is 16.2. The van der Waals surface area contributed by atoms with Crippen molar-refractivity contribution in [2.45, 2.75) is 13.0 Å². The van der Waals surface area contributed by atoms with Crippen molar-refractivity contribution in [1.82, 2.24) is 4.90 Å². The van der Waals surface area contributed by atoms with E-state index in [0.717, 1.165) is 23.2 Å². The first kappa shape index (κ1) is 17.2. The quantitative estimate of drug-likeness (QED) is 0.687. The maximum Gasteiger partial charge on any atom is 0.248 e. The first-order valence-corrected chi connectivity index (χ1v) is 8.63. The molecule has 0 aliphatic carbocycles. The van der Waals surface area contributed by atoms with Crippen molar-refractivity contribution in [3.63, 3.8) is 0 Å². The van der Waals surface area contributed by atoms with Crippen LogP contribution >= 0.6 is 0 Å². The third kappa shape index (κ3) is 3.57. The van der Waals surface area contributed by atoms with Crippen molar-refractivity contribution in [2.75, 3.05) is 25.5 Å². The monoisotopic (exact) mass is 332 g/mol. The van der Waals surface area contributed by atoms with Gasteiger partial charge in [-0.25, -0.2) is 0 Å². The van der Waals surface area contributed by atoms with Crippen LogP contribution in [0.1, 0.15) is 18.5 Å². The van der Waals surface area contributed by atoms with E-state index in [1.807, 2.05) is 62.6 Å². The molecule has 1 atom stereocenters. The summed E-state index contributed by atoms with van der Waals surface area (Å²) in [5.41, 5.74) is 1.93. The van der Waals surface area contributed by atoms with Gasteiger partial charge < -0.3 is 4.90 Å². The van der Waals surface area contributed by atoms with Gasteiger partial charge in [0.1, 0.15) is 6.04 Å². The average Bonchev–Trinajstić information content (AvgIpc) is 2.67. The number of anilines is 1. The number of fused-ring (bicyclic) bond motifs is 1. The number of benzene rings is 3. The van der Waals surface area contributed by atoms with E-state index in [2.05, 4.69) is 36.1 Å². The van der Waals surface area contributed by atoms with Crippen LogP contribution < -0.4 is 4.90 Å². The summed E-state index contributed by atoms with van der Waals surface area (Å²) in [5, 5.41) is 2.32. The van der Waals surface area contributed by atoms with Crippen molar-refractivity contribution in [1.29, 1.82) is 0 Å². The Morgan fingerprint density at radius 2 is 1.52 bits per heavy atom. The molecule has 0 heterocycles. The molecule has 25 heavy (non-hydrogen) atoms. The molecule has 0 spiro atoms. The largest absolute Gasteiger partial charge is 0.314 e. The van der Waals surface area contributed by atoms with Gasteiger partial charge in [0.05, 0.1) is 0 Å². The van der Waals surface area contributed by atoms with Crippen molar-refractivity contribution < 1.29 is 4.79 Å². The van der Waals surface area contributed by atoms with Crippen LogP contribution in [0.3, 0.4) is 0 Å². The van der Waals surface area contributed by atoms with Crippen LogP contribution in [0, 0.1) is 0 Å². The van der Waals surface area contributed by atoms with Gasteiger partial charge in [0, 0.05) is 12.7 Å². The van der Waals surface area contributed by atoms with Crippen LogP contribution in [0.4, 0.5) is 5.69 Å². The molecule has 0 bridgehead atoms. The van der Waals surface area contributed by atoms with Crippen LogP contribution in [-0.2, 0) is 4.79 Å². The van der Waals surface area contributed by atoms with Crippen LogP contribution in [0.15, 0.2) is 72.8 Å². The molecule has 0 saturated carbocycles. The summed E-state index contributed by atoms with van der Waals surface area (Å²) in [5.74, 6) is 0.0748. The highest BCUT2D eigenvalue weighted by Gasteiger charge is 2.27. The Labute approximate surface area is 149 Å². The molecule has 1 amide bonds. The first-order chi connectivity index (χ1) is 12.1. The number of carbonyl (C=O) groups excluding carboxylic acids is 1.